The molecule has 4 aromatic rings. The molecule has 0 radical (unpaired) electrons. The topological polar surface area (TPSA) is 21.3 Å². The number of hydrogen-bond acceptors (Lipinski definition) is 2. The highest BCUT2D eigenvalue weighted by Gasteiger charge is 2.09. The summed E-state index contributed by atoms with van der Waals surface area (Å²) in [4.78, 5) is 0. The molecule has 0 fully saturated rings. The lowest BCUT2D eigenvalue weighted by Gasteiger charge is -2.16. The molecule has 0 unspecified atom stereocenters. The van der Waals surface area contributed by atoms with Crippen molar-refractivity contribution in [1.29, 1.82) is 0 Å². The largest absolute Gasteiger partial charge is 0.489 e. The number of aryl methyl sites for hydroxylation is 2. The number of anilines is 1. The van der Waals surface area contributed by atoms with E-state index >= 15 is 0 Å². The van der Waals surface area contributed by atoms with E-state index in [1.807, 2.05) is 0 Å². The fraction of sp³-hybridized carbons (Fsp3) is 0.185. The van der Waals surface area contributed by atoms with Crippen LogP contribution in [0.2, 0.25) is 0 Å². The Kier molecular flexibility index (Phi) is 5.81. The van der Waals surface area contributed by atoms with Crippen LogP contribution in [0.5, 0.6) is 5.75 Å². The van der Waals surface area contributed by atoms with Gasteiger partial charge in [0.25, 0.3) is 0 Å². The van der Waals surface area contributed by atoms with Gasteiger partial charge < -0.3 is 10.1 Å². The maximum absolute atomic E-state index is 6.26. The van der Waals surface area contributed by atoms with Crippen LogP contribution in [0.25, 0.3) is 10.8 Å². The zero-order valence-electron chi connectivity index (χ0n) is 17.1. The fourth-order valence-corrected chi connectivity index (χ4v) is 3.53. The summed E-state index contributed by atoms with van der Waals surface area (Å²) in [6.45, 7) is 5.56. The van der Waals surface area contributed by atoms with Gasteiger partial charge in [0, 0.05) is 17.8 Å². The minimum Gasteiger partial charge on any atom is -0.489 e. The molecule has 0 saturated heterocycles. The van der Waals surface area contributed by atoms with E-state index in [1.54, 1.807) is 0 Å². The molecule has 0 bridgehead atoms. The zero-order valence-corrected chi connectivity index (χ0v) is 17.1. The van der Waals surface area contributed by atoms with Crippen molar-refractivity contribution in [1.82, 2.24) is 0 Å². The Labute approximate surface area is 173 Å². The van der Waals surface area contributed by atoms with Gasteiger partial charge in [-0.2, -0.15) is 0 Å². The second kappa shape index (κ2) is 8.83. The summed E-state index contributed by atoms with van der Waals surface area (Å²) >= 11 is 0. The predicted molar refractivity (Wildman–Crippen MR) is 123 cm³/mol. The molecule has 1 N–H and O–H groups in total. The maximum atomic E-state index is 6.26. The van der Waals surface area contributed by atoms with Crippen LogP contribution in [-0.2, 0) is 19.6 Å². The minimum atomic E-state index is 0.566. The number of fused-ring (bicyclic) bond motifs is 1. The van der Waals surface area contributed by atoms with Crippen molar-refractivity contribution in [3.05, 3.63) is 107 Å². The molecule has 29 heavy (non-hydrogen) atoms. The van der Waals surface area contributed by atoms with Crippen LogP contribution in [0.15, 0.2) is 84.9 Å². The van der Waals surface area contributed by atoms with Gasteiger partial charge in [0.05, 0.1) is 0 Å². The summed E-state index contributed by atoms with van der Waals surface area (Å²) in [5.41, 5.74) is 6.11. The third kappa shape index (κ3) is 4.60. The monoisotopic (exact) mass is 381 g/mol. The van der Waals surface area contributed by atoms with Crippen molar-refractivity contribution >= 4 is 16.5 Å². The molecular weight excluding hydrogens is 354 g/mol. The molecule has 0 saturated carbocycles. The first-order valence-electron chi connectivity index (χ1n) is 10.2. The maximum Gasteiger partial charge on any atom is 0.125 e. The number of benzene rings is 4. The Morgan fingerprint density at radius 2 is 1.48 bits per heavy atom. The highest BCUT2D eigenvalue weighted by Crippen LogP contribution is 2.30. The van der Waals surface area contributed by atoms with Crippen LogP contribution in [0.1, 0.15) is 29.2 Å². The molecule has 2 heteroatoms. The second-order valence-corrected chi connectivity index (χ2v) is 7.44. The molecule has 0 amide bonds. The first kappa shape index (κ1) is 19.1. The Morgan fingerprint density at radius 1 is 0.759 bits per heavy atom. The van der Waals surface area contributed by atoms with Crippen molar-refractivity contribution in [2.45, 2.75) is 33.4 Å². The summed E-state index contributed by atoms with van der Waals surface area (Å²) in [6.07, 6.45) is 1.06. The molecule has 4 aromatic carbocycles. The molecule has 4 rings (SSSR count). The van der Waals surface area contributed by atoms with Crippen molar-refractivity contribution in [3.8, 4) is 5.75 Å². The van der Waals surface area contributed by atoms with E-state index in [0.717, 1.165) is 24.4 Å². The normalized spacial score (nSPS) is 10.8. The van der Waals surface area contributed by atoms with E-state index in [1.165, 1.54) is 33.0 Å². The highest BCUT2D eigenvalue weighted by molar-refractivity contribution is 5.88. The molecule has 146 valence electrons. The quantitative estimate of drug-likeness (QED) is 0.376. The van der Waals surface area contributed by atoms with E-state index < -0.39 is 0 Å². The van der Waals surface area contributed by atoms with E-state index in [0.29, 0.717) is 6.61 Å². The third-order valence-electron chi connectivity index (χ3n) is 5.34. The van der Waals surface area contributed by atoms with E-state index in [9.17, 15) is 0 Å². The summed E-state index contributed by atoms with van der Waals surface area (Å²) in [6, 6.07) is 29.9. The SMILES string of the molecule is CCc1ccc(NCc2c(OCc3ccc(C)cc3)ccc3ccccc23)cc1. The average Bonchev–Trinajstić information content (AvgIpc) is 2.78. The average molecular weight is 382 g/mol. The van der Waals surface area contributed by atoms with E-state index in [4.69, 9.17) is 4.74 Å². The molecule has 0 heterocycles. The summed E-state index contributed by atoms with van der Waals surface area (Å²) < 4.78 is 6.26. The number of rotatable bonds is 7. The molecule has 0 aliphatic carbocycles. The molecule has 0 aliphatic heterocycles. The van der Waals surface area contributed by atoms with Crippen LogP contribution >= 0.6 is 0 Å². The zero-order chi connectivity index (χ0) is 20.1. The van der Waals surface area contributed by atoms with Gasteiger partial charge in [-0.3, -0.25) is 0 Å². The molecule has 0 spiro atoms. The molecular formula is C27H27NO. The predicted octanol–water partition coefficient (Wildman–Crippen LogP) is 6.90. The Bertz CT molecular complexity index is 1080. The summed E-state index contributed by atoms with van der Waals surface area (Å²) in [7, 11) is 0. The van der Waals surface area contributed by atoms with Gasteiger partial charge in [0.1, 0.15) is 12.4 Å². The fourth-order valence-electron chi connectivity index (χ4n) is 3.53. The van der Waals surface area contributed by atoms with Gasteiger partial charge in [0.15, 0.2) is 0 Å². The summed E-state index contributed by atoms with van der Waals surface area (Å²) in [5.74, 6) is 0.932. The molecule has 0 atom stereocenters. The first-order chi connectivity index (χ1) is 14.2. The van der Waals surface area contributed by atoms with Crippen LogP contribution < -0.4 is 10.1 Å². The van der Waals surface area contributed by atoms with Crippen molar-refractivity contribution in [2.24, 2.45) is 0 Å². The smallest absolute Gasteiger partial charge is 0.125 e. The molecule has 2 nitrogen and oxygen atoms in total. The van der Waals surface area contributed by atoms with Crippen molar-refractivity contribution in [3.63, 3.8) is 0 Å². The van der Waals surface area contributed by atoms with Gasteiger partial charge in [-0.15, -0.1) is 0 Å². The lowest BCUT2D eigenvalue weighted by molar-refractivity contribution is 0.304. The minimum absolute atomic E-state index is 0.566. The Balaban J connectivity index is 1.58. The van der Waals surface area contributed by atoms with Gasteiger partial charge >= 0.3 is 0 Å². The Morgan fingerprint density at radius 3 is 2.24 bits per heavy atom. The highest BCUT2D eigenvalue weighted by atomic mass is 16.5. The standard InChI is InChI=1S/C27H27NO/c1-3-21-12-15-24(16-13-21)28-18-26-25-7-5-4-6-23(25)14-17-27(26)29-19-22-10-8-20(2)9-11-22/h4-17,28H,3,18-19H2,1-2H3. The van der Waals surface area contributed by atoms with E-state index in [-0.39, 0.29) is 0 Å². The third-order valence-corrected chi connectivity index (χ3v) is 5.34. The second-order valence-electron chi connectivity index (χ2n) is 7.44. The lowest BCUT2D eigenvalue weighted by Crippen LogP contribution is -2.05. The van der Waals surface area contributed by atoms with Gasteiger partial charge in [0.2, 0.25) is 0 Å². The Hall–Kier alpha value is -3.26. The number of ether oxygens (including phenoxy) is 1. The van der Waals surface area contributed by atoms with Crippen LogP contribution in [0.3, 0.4) is 0 Å². The first-order valence-corrected chi connectivity index (χ1v) is 10.2. The van der Waals surface area contributed by atoms with Crippen molar-refractivity contribution < 1.29 is 4.74 Å². The van der Waals surface area contributed by atoms with Gasteiger partial charge in [-0.25, -0.2) is 0 Å². The summed E-state index contributed by atoms with van der Waals surface area (Å²) in [5, 5.41) is 6.03. The number of nitrogens with one attached hydrogen (secondary N) is 1. The molecule has 0 aromatic heterocycles. The van der Waals surface area contributed by atoms with E-state index in [2.05, 4.69) is 104 Å². The van der Waals surface area contributed by atoms with Crippen LogP contribution in [0.4, 0.5) is 5.69 Å². The van der Waals surface area contributed by atoms with Crippen molar-refractivity contribution in [2.75, 3.05) is 5.32 Å². The van der Waals surface area contributed by atoms with Gasteiger partial charge in [-0.05, 0) is 53.4 Å². The number of hydrogen-bond donors (Lipinski definition) is 1. The lowest BCUT2D eigenvalue weighted by atomic mass is 10.0. The van der Waals surface area contributed by atoms with Gasteiger partial charge in [-0.1, -0.05) is 79.2 Å². The van der Waals surface area contributed by atoms with Crippen LogP contribution in [-0.4, -0.2) is 0 Å². The van der Waals surface area contributed by atoms with Crippen LogP contribution in [0, 0.1) is 6.92 Å². The molecule has 0 aliphatic rings.